The summed E-state index contributed by atoms with van der Waals surface area (Å²) in [5.41, 5.74) is 5.35. The Hall–Kier alpha value is -2.51. The molecule has 0 aliphatic carbocycles. The number of aryl methyl sites for hydroxylation is 1. The molecule has 0 radical (unpaired) electrons. The summed E-state index contributed by atoms with van der Waals surface area (Å²) >= 11 is 0. The summed E-state index contributed by atoms with van der Waals surface area (Å²) in [4.78, 5) is 15.2. The summed E-state index contributed by atoms with van der Waals surface area (Å²) < 4.78 is 17.8. The van der Waals surface area contributed by atoms with Crippen molar-refractivity contribution in [2.75, 3.05) is 11.1 Å². The number of nitrogens with two attached hydrogens (primary N) is 1. The zero-order valence-corrected chi connectivity index (χ0v) is 8.77. The van der Waals surface area contributed by atoms with E-state index in [9.17, 15) is 9.18 Å². The summed E-state index contributed by atoms with van der Waals surface area (Å²) in [6.07, 6.45) is 0.920. The predicted molar refractivity (Wildman–Crippen MR) is 55.6 cm³/mol. The van der Waals surface area contributed by atoms with Crippen LogP contribution in [-0.2, 0) is 0 Å². The van der Waals surface area contributed by atoms with Crippen molar-refractivity contribution in [1.29, 1.82) is 0 Å². The van der Waals surface area contributed by atoms with E-state index in [1.807, 2.05) is 0 Å². The molecule has 0 spiro atoms. The molecule has 8 heteroatoms. The van der Waals surface area contributed by atoms with E-state index in [2.05, 4.69) is 20.5 Å². The number of halogens is 1. The number of amides is 1. The Morgan fingerprint density at radius 1 is 1.53 bits per heavy atom. The van der Waals surface area contributed by atoms with E-state index in [0.29, 0.717) is 5.89 Å². The average molecular weight is 237 g/mol. The summed E-state index contributed by atoms with van der Waals surface area (Å²) in [6.45, 7) is 1.57. The van der Waals surface area contributed by atoms with Gasteiger partial charge in [-0.05, 0) is 6.07 Å². The van der Waals surface area contributed by atoms with Crippen molar-refractivity contribution in [3.63, 3.8) is 0 Å². The normalized spacial score (nSPS) is 10.2. The quantitative estimate of drug-likeness (QED) is 0.797. The molecule has 2 heterocycles. The fourth-order valence-corrected chi connectivity index (χ4v) is 1.14. The Balaban J connectivity index is 2.22. The SMILES string of the molecule is Cc1nnc(NC(=O)c2cc(F)cnc2N)o1. The molecule has 1 amide bonds. The second-order valence-corrected chi connectivity index (χ2v) is 3.17. The van der Waals surface area contributed by atoms with E-state index in [-0.39, 0.29) is 17.4 Å². The highest BCUT2D eigenvalue weighted by Crippen LogP contribution is 2.12. The fraction of sp³-hybridized carbons (Fsp3) is 0.111. The first-order chi connectivity index (χ1) is 8.06. The standard InChI is InChI=1S/C9H8FN5O2/c1-4-14-15-9(17-4)13-8(16)6-2-5(10)3-12-7(6)11/h2-3H,1H3,(H2,11,12)(H,13,15,16). The van der Waals surface area contributed by atoms with Crippen molar-refractivity contribution in [1.82, 2.24) is 15.2 Å². The third kappa shape index (κ3) is 2.36. The van der Waals surface area contributed by atoms with Gasteiger partial charge >= 0.3 is 6.01 Å². The Bertz CT molecular complexity index is 568. The van der Waals surface area contributed by atoms with E-state index in [0.717, 1.165) is 12.3 Å². The highest BCUT2D eigenvalue weighted by molar-refractivity contribution is 6.06. The maximum absolute atomic E-state index is 12.9. The van der Waals surface area contributed by atoms with Gasteiger partial charge in [0.25, 0.3) is 5.91 Å². The maximum atomic E-state index is 12.9. The van der Waals surface area contributed by atoms with Crippen LogP contribution in [0.3, 0.4) is 0 Å². The molecule has 88 valence electrons. The van der Waals surface area contributed by atoms with Gasteiger partial charge in [0.1, 0.15) is 11.6 Å². The summed E-state index contributed by atoms with van der Waals surface area (Å²) in [7, 11) is 0. The van der Waals surface area contributed by atoms with Gasteiger partial charge in [0.05, 0.1) is 11.8 Å². The van der Waals surface area contributed by atoms with Crippen LogP contribution in [-0.4, -0.2) is 21.1 Å². The number of nitrogens with one attached hydrogen (secondary N) is 1. The maximum Gasteiger partial charge on any atom is 0.322 e. The van der Waals surface area contributed by atoms with Crippen LogP contribution in [0.25, 0.3) is 0 Å². The number of nitrogens with zero attached hydrogens (tertiary/aromatic N) is 3. The number of aromatic nitrogens is 3. The molecule has 0 aliphatic rings. The van der Waals surface area contributed by atoms with Gasteiger partial charge in [-0.1, -0.05) is 5.10 Å². The van der Waals surface area contributed by atoms with Crippen LogP contribution in [0.5, 0.6) is 0 Å². The van der Waals surface area contributed by atoms with Crippen LogP contribution in [0.1, 0.15) is 16.2 Å². The van der Waals surface area contributed by atoms with Gasteiger partial charge in [0, 0.05) is 6.92 Å². The number of carbonyl (C=O) groups excluding carboxylic acids is 1. The van der Waals surface area contributed by atoms with E-state index in [1.165, 1.54) is 0 Å². The Labute approximate surface area is 94.9 Å². The van der Waals surface area contributed by atoms with Gasteiger partial charge in [-0.2, -0.15) is 0 Å². The van der Waals surface area contributed by atoms with Crippen molar-refractivity contribution >= 4 is 17.7 Å². The van der Waals surface area contributed by atoms with E-state index >= 15 is 0 Å². The van der Waals surface area contributed by atoms with Crippen LogP contribution in [0, 0.1) is 12.7 Å². The minimum Gasteiger partial charge on any atom is -0.408 e. The number of rotatable bonds is 2. The lowest BCUT2D eigenvalue weighted by Gasteiger charge is -2.03. The minimum absolute atomic E-state index is 0.0832. The zero-order valence-electron chi connectivity index (χ0n) is 8.77. The number of nitrogen functional groups attached to an aromatic ring is 1. The lowest BCUT2D eigenvalue weighted by molar-refractivity contribution is 0.102. The molecule has 0 saturated heterocycles. The summed E-state index contributed by atoms with van der Waals surface area (Å²) in [5.74, 6) is -1.12. The highest BCUT2D eigenvalue weighted by Gasteiger charge is 2.14. The second kappa shape index (κ2) is 4.16. The van der Waals surface area contributed by atoms with Crippen LogP contribution < -0.4 is 11.1 Å². The topological polar surface area (TPSA) is 107 Å². The van der Waals surface area contributed by atoms with Gasteiger partial charge < -0.3 is 10.2 Å². The first-order valence-electron chi connectivity index (χ1n) is 4.59. The first-order valence-corrected chi connectivity index (χ1v) is 4.59. The minimum atomic E-state index is -0.668. The lowest BCUT2D eigenvalue weighted by atomic mass is 10.2. The number of hydrogen-bond acceptors (Lipinski definition) is 6. The summed E-state index contributed by atoms with van der Waals surface area (Å²) in [6, 6.07) is 0.886. The van der Waals surface area contributed by atoms with Crippen LogP contribution in [0.4, 0.5) is 16.2 Å². The highest BCUT2D eigenvalue weighted by atomic mass is 19.1. The van der Waals surface area contributed by atoms with Crippen LogP contribution in [0.15, 0.2) is 16.7 Å². The largest absolute Gasteiger partial charge is 0.408 e. The average Bonchev–Trinajstić information content (AvgIpc) is 2.67. The fourth-order valence-electron chi connectivity index (χ4n) is 1.14. The van der Waals surface area contributed by atoms with Gasteiger partial charge in [0.15, 0.2) is 0 Å². The molecule has 2 aromatic heterocycles. The monoisotopic (exact) mass is 237 g/mol. The molecule has 0 atom stereocenters. The van der Waals surface area contributed by atoms with E-state index < -0.39 is 11.7 Å². The van der Waals surface area contributed by atoms with Crippen molar-refractivity contribution < 1.29 is 13.6 Å². The van der Waals surface area contributed by atoms with Crippen LogP contribution in [0.2, 0.25) is 0 Å². The molecular weight excluding hydrogens is 229 g/mol. The molecule has 2 aromatic rings. The number of anilines is 2. The molecule has 2 rings (SSSR count). The molecule has 0 bridgehead atoms. The number of pyridine rings is 1. The van der Waals surface area contributed by atoms with Crippen molar-refractivity contribution in [3.05, 3.63) is 29.5 Å². The molecule has 17 heavy (non-hydrogen) atoms. The van der Waals surface area contributed by atoms with Gasteiger partial charge in [0.2, 0.25) is 5.89 Å². The molecule has 0 aromatic carbocycles. The van der Waals surface area contributed by atoms with Crippen molar-refractivity contribution in [3.8, 4) is 0 Å². The Morgan fingerprint density at radius 2 is 2.29 bits per heavy atom. The summed E-state index contributed by atoms with van der Waals surface area (Å²) in [5, 5.41) is 9.36. The molecule has 0 aliphatic heterocycles. The van der Waals surface area contributed by atoms with Gasteiger partial charge in [-0.15, -0.1) is 5.10 Å². The lowest BCUT2D eigenvalue weighted by Crippen LogP contribution is -2.15. The van der Waals surface area contributed by atoms with E-state index in [4.69, 9.17) is 10.2 Å². The molecule has 3 N–H and O–H groups in total. The van der Waals surface area contributed by atoms with Gasteiger partial charge in [-0.25, -0.2) is 9.37 Å². The number of carbonyl (C=O) groups is 1. The molecule has 0 fully saturated rings. The third-order valence-electron chi connectivity index (χ3n) is 1.88. The van der Waals surface area contributed by atoms with Crippen LogP contribution >= 0.6 is 0 Å². The van der Waals surface area contributed by atoms with E-state index in [1.54, 1.807) is 6.92 Å². The first kappa shape index (κ1) is 11.0. The molecular formula is C9H8FN5O2. The molecule has 0 saturated carbocycles. The zero-order chi connectivity index (χ0) is 12.4. The Morgan fingerprint density at radius 3 is 2.94 bits per heavy atom. The Kier molecular flexibility index (Phi) is 2.69. The number of hydrogen-bond donors (Lipinski definition) is 2. The predicted octanol–water partition coefficient (Wildman–Crippen LogP) is 0.747. The smallest absolute Gasteiger partial charge is 0.322 e. The van der Waals surface area contributed by atoms with Crippen molar-refractivity contribution in [2.45, 2.75) is 6.92 Å². The van der Waals surface area contributed by atoms with Gasteiger partial charge in [-0.3, -0.25) is 10.1 Å². The molecule has 0 unspecified atom stereocenters. The third-order valence-corrected chi connectivity index (χ3v) is 1.88. The van der Waals surface area contributed by atoms with Crippen molar-refractivity contribution in [2.24, 2.45) is 0 Å². The second-order valence-electron chi connectivity index (χ2n) is 3.17. The molecule has 7 nitrogen and oxygen atoms in total.